The summed E-state index contributed by atoms with van der Waals surface area (Å²) in [6, 6.07) is 5.95. The molecule has 2 unspecified atom stereocenters. The summed E-state index contributed by atoms with van der Waals surface area (Å²) in [4.78, 5) is 0. The first-order valence-electron chi connectivity index (χ1n) is 5.48. The molecule has 4 heteroatoms. The summed E-state index contributed by atoms with van der Waals surface area (Å²) < 4.78 is 24.7. The van der Waals surface area contributed by atoms with Gasteiger partial charge in [-0.1, -0.05) is 24.3 Å². The van der Waals surface area contributed by atoms with Gasteiger partial charge in [-0.3, -0.25) is 0 Å². The van der Waals surface area contributed by atoms with Crippen LogP contribution in [0.4, 0.5) is 8.78 Å². The van der Waals surface area contributed by atoms with Crippen molar-refractivity contribution >= 4 is 0 Å². The Bertz CT molecular complexity index is 333. The molecule has 0 aliphatic carbocycles. The third-order valence-electron chi connectivity index (χ3n) is 3.01. The number of aliphatic hydroxyl groups excluding tert-OH is 1. The van der Waals surface area contributed by atoms with Crippen LogP contribution in [0.3, 0.4) is 0 Å². The first kappa shape index (κ1) is 11.5. The highest BCUT2D eigenvalue weighted by atomic mass is 19.3. The Labute approximate surface area is 93.3 Å². The van der Waals surface area contributed by atoms with Gasteiger partial charge >= 0.3 is 0 Å². The van der Waals surface area contributed by atoms with E-state index in [9.17, 15) is 13.9 Å². The van der Waals surface area contributed by atoms with Crippen molar-refractivity contribution in [2.24, 2.45) is 0 Å². The van der Waals surface area contributed by atoms with Gasteiger partial charge < -0.3 is 10.4 Å². The molecule has 0 amide bonds. The molecule has 2 nitrogen and oxygen atoms in total. The second-order valence-electron chi connectivity index (χ2n) is 4.12. The molecule has 0 aromatic heterocycles. The molecule has 1 heterocycles. The van der Waals surface area contributed by atoms with Crippen LogP contribution in [0.2, 0.25) is 0 Å². The lowest BCUT2D eigenvalue weighted by atomic mass is 10.00. The molecule has 2 N–H and O–H groups in total. The minimum Gasteiger partial charge on any atom is -0.387 e. The largest absolute Gasteiger partial charge is 0.387 e. The molecule has 16 heavy (non-hydrogen) atoms. The Hall–Kier alpha value is -1.00. The Morgan fingerprint density at radius 1 is 1.19 bits per heavy atom. The van der Waals surface area contributed by atoms with Crippen LogP contribution in [0, 0.1) is 0 Å². The van der Waals surface area contributed by atoms with Crippen LogP contribution in [-0.2, 0) is 0 Å². The van der Waals surface area contributed by atoms with E-state index in [0.717, 1.165) is 19.4 Å². The lowest BCUT2D eigenvalue weighted by molar-refractivity contribution is 0.136. The predicted octanol–water partition coefficient (Wildman–Crippen LogP) is 2.41. The van der Waals surface area contributed by atoms with Crippen LogP contribution in [0.5, 0.6) is 0 Å². The molecule has 1 aromatic rings. The molecule has 2 rings (SSSR count). The van der Waals surface area contributed by atoms with Crippen molar-refractivity contribution in [2.45, 2.75) is 31.4 Å². The number of halogens is 2. The zero-order valence-electron chi connectivity index (χ0n) is 8.87. The number of alkyl halides is 2. The van der Waals surface area contributed by atoms with Crippen molar-refractivity contribution in [3.05, 3.63) is 35.4 Å². The first-order valence-corrected chi connectivity index (χ1v) is 5.48. The molecule has 0 radical (unpaired) electrons. The standard InChI is InChI=1S/C12H15F2NO/c13-12(14)9-5-3-8(4-6-9)11(16)10-2-1-7-15-10/h3-6,10-12,15-16H,1-2,7H2. The predicted molar refractivity (Wildman–Crippen MR) is 57.4 cm³/mol. The zero-order valence-corrected chi connectivity index (χ0v) is 8.87. The van der Waals surface area contributed by atoms with Crippen LogP contribution in [0.25, 0.3) is 0 Å². The summed E-state index contributed by atoms with van der Waals surface area (Å²) in [5.41, 5.74) is 0.694. The van der Waals surface area contributed by atoms with Crippen LogP contribution in [-0.4, -0.2) is 17.7 Å². The second kappa shape index (κ2) is 4.89. The third-order valence-corrected chi connectivity index (χ3v) is 3.01. The van der Waals surface area contributed by atoms with E-state index < -0.39 is 12.5 Å². The molecule has 1 aliphatic rings. The minimum absolute atomic E-state index is 0.00432. The van der Waals surface area contributed by atoms with Crippen molar-refractivity contribution in [3.8, 4) is 0 Å². The Morgan fingerprint density at radius 3 is 2.31 bits per heavy atom. The fourth-order valence-electron chi connectivity index (χ4n) is 2.05. The number of nitrogens with one attached hydrogen (secondary N) is 1. The summed E-state index contributed by atoms with van der Waals surface area (Å²) >= 11 is 0. The summed E-state index contributed by atoms with van der Waals surface area (Å²) in [5.74, 6) is 0. The fraction of sp³-hybridized carbons (Fsp3) is 0.500. The molecule has 88 valence electrons. The van der Waals surface area contributed by atoms with E-state index in [1.165, 1.54) is 12.1 Å². The average Bonchev–Trinajstić information content (AvgIpc) is 2.81. The van der Waals surface area contributed by atoms with Crippen molar-refractivity contribution in [1.29, 1.82) is 0 Å². The molecular weight excluding hydrogens is 212 g/mol. The van der Waals surface area contributed by atoms with Crippen molar-refractivity contribution in [2.75, 3.05) is 6.54 Å². The zero-order chi connectivity index (χ0) is 11.5. The summed E-state index contributed by atoms with van der Waals surface area (Å²) in [5, 5.41) is 13.2. The van der Waals surface area contributed by atoms with E-state index in [2.05, 4.69) is 5.32 Å². The first-order chi connectivity index (χ1) is 7.68. The lowest BCUT2D eigenvalue weighted by Gasteiger charge is -2.18. The fourth-order valence-corrected chi connectivity index (χ4v) is 2.05. The second-order valence-corrected chi connectivity index (χ2v) is 4.12. The van der Waals surface area contributed by atoms with Gasteiger partial charge in [-0.25, -0.2) is 8.78 Å². The van der Waals surface area contributed by atoms with Crippen molar-refractivity contribution in [3.63, 3.8) is 0 Å². The molecule has 2 atom stereocenters. The number of benzene rings is 1. The summed E-state index contributed by atoms with van der Waals surface area (Å²) in [7, 11) is 0. The number of hydrogen-bond acceptors (Lipinski definition) is 2. The van der Waals surface area contributed by atoms with Gasteiger partial charge in [0.25, 0.3) is 6.43 Å². The molecule has 1 saturated heterocycles. The van der Waals surface area contributed by atoms with Gasteiger partial charge in [0, 0.05) is 11.6 Å². The van der Waals surface area contributed by atoms with Gasteiger partial charge in [-0.2, -0.15) is 0 Å². The highest BCUT2D eigenvalue weighted by Crippen LogP contribution is 2.25. The molecule has 0 saturated carbocycles. The van der Waals surface area contributed by atoms with Gasteiger partial charge in [0.2, 0.25) is 0 Å². The van der Waals surface area contributed by atoms with Crippen molar-refractivity contribution in [1.82, 2.24) is 5.32 Å². The van der Waals surface area contributed by atoms with Crippen LogP contribution >= 0.6 is 0 Å². The third kappa shape index (κ3) is 2.39. The molecule has 1 fully saturated rings. The van der Waals surface area contributed by atoms with Gasteiger partial charge in [0.1, 0.15) is 0 Å². The molecule has 0 spiro atoms. The highest BCUT2D eigenvalue weighted by molar-refractivity contribution is 5.25. The summed E-state index contributed by atoms with van der Waals surface area (Å²) in [6.07, 6.45) is -1.07. The SMILES string of the molecule is OC(c1ccc(C(F)F)cc1)C1CCCN1. The van der Waals surface area contributed by atoms with E-state index in [4.69, 9.17) is 0 Å². The smallest absolute Gasteiger partial charge is 0.263 e. The minimum atomic E-state index is -2.45. The molecule has 1 aromatic carbocycles. The number of aliphatic hydroxyl groups is 1. The van der Waals surface area contributed by atoms with Crippen molar-refractivity contribution < 1.29 is 13.9 Å². The topological polar surface area (TPSA) is 32.3 Å². The Kier molecular flexibility index (Phi) is 3.51. The van der Waals surface area contributed by atoms with E-state index in [1.54, 1.807) is 12.1 Å². The van der Waals surface area contributed by atoms with E-state index >= 15 is 0 Å². The monoisotopic (exact) mass is 227 g/mol. The van der Waals surface area contributed by atoms with E-state index in [0.29, 0.717) is 5.56 Å². The maximum absolute atomic E-state index is 12.3. The van der Waals surface area contributed by atoms with E-state index in [-0.39, 0.29) is 11.6 Å². The van der Waals surface area contributed by atoms with Crippen LogP contribution < -0.4 is 5.32 Å². The highest BCUT2D eigenvalue weighted by Gasteiger charge is 2.23. The normalized spacial score (nSPS) is 22.6. The van der Waals surface area contributed by atoms with Crippen LogP contribution in [0.1, 0.15) is 36.5 Å². The van der Waals surface area contributed by atoms with Gasteiger partial charge in [0.05, 0.1) is 6.10 Å². The average molecular weight is 227 g/mol. The number of rotatable bonds is 3. The van der Waals surface area contributed by atoms with Gasteiger partial charge in [0.15, 0.2) is 0 Å². The maximum Gasteiger partial charge on any atom is 0.263 e. The van der Waals surface area contributed by atoms with Gasteiger partial charge in [-0.15, -0.1) is 0 Å². The maximum atomic E-state index is 12.3. The molecule has 0 bridgehead atoms. The Morgan fingerprint density at radius 2 is 1.81 bits per heavy atom. The van der Waals surface area contributed by atoms with E-state index in [1.807, 2.05) is 0 Å². The number of hydrogen-bond donors (Lipinski definition) is 2. The molecule has 1 aliphatic heterocycles. The quantitative estimate of drug-likeness (QED) is 0.831. The lowest BCUT2D eigenvalue weighted by Crippen LogP contribution is -2.28. The molecular formula is C12H15F2NO. The Balaban J connectivity index is 2.08. The van der Waals surface area contributed by atoms with Crippen LogP contribution in [0.15, 0.2) is 24.3 Å². The summed E-state index contributed by atoms with van der Waals surface area (Å²) in [6.45, 7) is 0.914. The van der Waals surface area contributed by atoms with Gasteiger partial charge in [-0.05, 0) is 24.9 Å².